The molecule has 21 heavy (non-hydrogen) atoms. The summed E-state index contributed by atoms with van der Waals surface area (Å²) >= 11 is 0. The van der Waals surface area contributed by atoms with Crippen LogP contribution in [0.4, 0.5) is 0 Å². The molecule has 1 nitrogen and oxygen atoms in total. The van der Waals surface area contributed by atoms with E-state index in [-0.39, 0.29) is 11.5 Å². The minimum absolute atomic E-state index is 0.0835. The molecule has 0 spiro atoms. The molecule has 0 aromatic rings. The normalized spacial score (nSPS) is 48.8. The van der Waals surface area contributed by atoms with E-state index in [1.807, 2.05) is 0 Å². The largest absolute Gasteiger partial charge is 0.389 e. The Bertz CT molecular complexity index is 474. The van der Waals surface area contributed by atoms with Crippen LogP contribution in [-0.2, 0) is 0 Å². The van der Waals surface area contributed by atoms with Crippen molar-refractivity contribution < 1.29 is 5.11 Å². The average molecular weight is 288 g/mol. The van der Waals surface area contributed by atoms with Gasteiger partial charge >= 0.3 is 0 Å². The second-order valence-electron chi connectivity index (χ2n) is 9.10. The Morgan fingerprint density at radius 2 is 1.90 bits per heavy atom. The fourth-order valence-electron chi connectivity index (χ4n) is 5.91. The number of fused-ring (bicyclic) bond motifs is 3. The van der Waals surface area contributed by atoms with E-state index >= 15 is 0 Å². The molecule has 2 fully saturated rings. The molecule has 118 valence electrons. The predicted molar refractivity (Wildman–Crippen MR) is 89.0 cm³/mol. The van der Waals surface area contributed by atoms with Crippen LogP contribution < -0.4 is 0 Å². The number of rotatable bonds is 1. The van der Waals surface area contributed by atoms with Gasteiger partial charge in [-0.15, -0.1) is 6.58 Å². The van der Waals surface area contributed by atoms with Crippen LogP contribution in [0, 0.1) is 28.1 Å². The van der Waals surface area contributed by atoms with Crippen molar-refractivity contribution >= 4 is 0 Å². The molecule has 5 atom stereocenters. The van der Waals surface area contributed by atoms with Crippen molar-refractivity contribution in [1.82, 2.24) is 0 Å². The van der Waals surface area contributed by atoms with Gasteiger partial charge in [0.1, 0.15) is 0 Å². The lowest BCUT2D eigenvalue weighted by Crippen LogP contribution is -2.54. The topological polar surface area (TPSA) is 20.2 Å². The SMILES string of the molecule is C=C[C@]1(C)C=C2C(CC1)[C@@]1(C)CCCC(C)(C)C1C[C@@H]2O. The molecule has 0 heterocycles. The Morgan fingerprint density at radius 3 is 2.57 bits per heavy atom. The molecule has 0 aromatic carbocycles. The Morgan fingerprint density at radius 1 is 1.19 bits per heavy atom. The smallest absolute Gasteiger partial charge is 0.0756 e. The van der Waals surface area contributed by atoms with E-state index in [1.165, 1.54) is 37.7 Å². The first-order chi connectivity index (χ1) is 9.72. The molecular formula is C20H32O. The number of hydrogen-bond donors (Lipinski definition) is 1. The van der Waals surface area contributed by atoms with Crippen molar-refractivity contribution in [2.75, 3.05) is 0 Å². The zero-order valence-corrected chi connectivity index (χ0v) is 14.3. The Kier molecular flexibility index (Phi) is 3.44. The summed E-state index contributed by atoms with van der Waals surface area (Å²) in [6.45, 7) is 13.6. The van der Waals surface area contributed by atoms with Crippen molar-refractivity contribution in [3.63, 3.8) is 0 Å². The quantitative estimate of drug-likeness (QED) is 0.665. The van der Waals surface area contributed by atoms with Crippen molar-refractivity contribution in [2.45, 2.75) is 72.3 Å². The minimum atomic E-state index is -0.231. The Hall–Kier alpha value is -0.560. The van der Waals surface area contributed by atoms with Gasteiger partial charge in [-0.2, -0.15) is 0 Å². The maximum atomic E-state index is 10.8. The highest BCUT2D eigenvalue weighted by Gasteiger charge is 2.56. The summed E-state index contributed by atoms with van der Waals surface area (Å²) < 4.78 is 0. The second-order valence-corrected chi connectivity index (χ2v) is 9.10. The van der Waals surface area contributed by atoms with E-state index in [0.717, 1.165) is 6.42 Å². The predicted octanol–water partition coefficient (Wildman–Crippen LogP) is 5.11. The summed E-state index contributed by atoms with van der Waals surface area (Å²) in [5.74, 6) is 1.24. The van der Waals surface area contributed by atoms with Gasteiger partial charge in [0.05, 0.1) is 6.10 Å². The molecule has 0 aliphatic heterocycles. The van der Waals surface area contributed by atoms with Crippen LogP contribution in [0.15, 0.2) is 24.3 Å². The van der Waals surface area contributed by atoms with Crippen LogP contribution >= 0.6 is 0 Å². The van der Waals surface area contributed by atoms with Gasteiger partial charge in [0.15, 0.2) is 0 Å². The molecule has 3 rings (SSSR count). The zero-order valence-electron chi connectivity index (χ0n) is 14.3. The zero-order chi connectivity index (χ0) is 15.5. The lowest BCUT2D eigenvalue weighted by atomic mass is 9.45. The fourth-order valence-corrected chi connectivity index (χ4v) is 5.91. The van der Waals surface area contributed by atoms with Crippen molar-refractivity contribution in [2.24, 2.45) is 28.1 Å². The van der Waals surface area contributed by atoms with Gasteiger partial charge in [0.25, 0.3) is 0 Å². The van der Waals surface area contributed by atoms with Gasteiger partial charge in [-0.3, -0.25) is 0 Å². The summed E-state index contributed by atoms with van der Waals surface area (Å²) in [6, 6.07) is 0. The van der Waals surface area contributed by atoms with Crippen LogP contribution in [0.5, 0.6) is 0 Å². The summed E-state index contributed by atoms with van der Waals surface area (Å²) in [7, 11) is 0. The van der Waals surface area contributed by atoms with Crippen molar-refractivity contribution in [3.05, 3.63) is 24.3 Å². The number of aliphatic hydroxyl groups is 1. The van der Waals surface area contributed by atoms with Gasteiger partial charge < -0.3 is 5.11 Å². The third-order valence-electron chi connectivity index (χ3n) is 7.25. The second kappa shape index (κ2) is 4.72. The van der Waals surface area contributed by atoms with E-state index in [0.29, 0.717) is 22.7 Å². The highest BCUT2D eigenvalue weighted by molar-refractivity contribution is 5.29. The summed E-state index contributed by atoms with van der Waals surface area (Å²) in [5, 5.41) is 10.8. The lowest BCUT2D eigenvalue weighted by molar-refractivity contribution is -0.0883. The standard InChI is InChI=1S/C20H32O/c1-6-19(4)11-8-15-14(13-19)16(21)12-17-18(2,3)9-7-10-20(15,17)5/h6,13,15-17,21H,1,7-12H2,2-5H3/t15?,16-,17?,19-,20+/m0/s1. The van der Waals surface area contributed by atoms with Crippen LogP contribution in [0.2, 0.25) is 0 Å². The monoisotopic (exact) mass is 288 g/mol. The summed E-state index contributed by atoms with van der Waals surface area (Å²) in [4.78, 5) is 0. The number of aliphatic hydroxyl groups excluding tert-OH is 1. The number of allylic oxidation sites excluding steroid dienone is 2. The molecule has 0 radical (unpaired) electrons. The van der Waals surface area contributed by atoms with Crippen LogP contribution in [-0.4, -0.2) is 11.2 Å². The molecule has 0 amide bonds. The van der Waals surface area contributed by atoms with E-state index in [1.54, 1.807) is 0 Å². The molecule has 0 saturated heterocycles. The summed E-state index contributed by atoms with van der Waals surface area (Å²) in [5.41, 5.74) is 2.17. The average Bonchev–Trinajstić information content (AvgIpc) is 2.41. The highest BCUT2D eigenvalue weighted by Crippen LogP contribution is 2.63. The van der Waals surface area contributed by atoms with Crippen molar-refractivity contribution in [3.8, 4) is 0 Å². The van der Waals surface area contributed by atoms with E-state index in [4.69, 9.17) is 0 Å². The Labute approximate surface area is 130 Å². The van der Waals surface area contributed by atoms with E-state index < -0.39 is 0 Å². The van der Waals surface area contributed by atoms with Gasteiger partial charge in [0.2, 0.25) is 0 Å². The molecular weight excluding hydrogens is 256 g/mol. The molecule has 3 aliphatic carbocycles. The Balaban J connectivity index is 2.03. The highest BCUT2D eigenvalue weighted by atomic mass is 16.3. The molecule has 2 unspecified atom stereocenters. The first-order valence-corrected chi connectivity index (χ1v) is 8.76. The van der Waals surface area contributed by atoms with Gasteiger partial charge in [-0.25, -0.2) is 0 Å². The first kappa shape index (κ1) is 15.3. The lowest BCUT2D eigenvalue weighted by Gasteiger charge is -2.60. The third-order valence-corrected chi connectivity index (χ3v) is 7.25. The molecule has 1 heteroatoms. The molecule has 1 N–H and O–H groups in total. The van der Waals surface area contributed by atoms with Crippen LogP contribution in [0.25, 0.3) is 0 Å². The maximum Gasteiger partial charge on any atom is 0.0756 e. The molecule has 0 bridgehead atoms. The van der Waals surface area contributed by atoms with E-state index in [2.05, 4.69) is 46.4 Å². The van der Waals surface area contributed by atoms with Crippen LogP contribution in [0.3, 0.4) is 0 Å². The molecule has 2 saturated carbocycles. The van der Waals surface area contributed by atoms with Gasteiger partial charge in [0, 0.05) is 5.41 Å². The first-order valence-electron chi connectivity index (χ1n) is 8.76. The third kappa shape index (κ3) is 2.23. The number of hydrogen-bond acceptors (Lipinski definition) is 1. The minimum Gasteiger partial charge on any atom is -0.389 e. The van der Waals surface area contributed by atoms with Crippen molar-refractivity contribution in [1.29, 1.82) is 0 Å². The fraction of sp³-hybridized carbons (Fsp3) is 0.800. The summed E-state index contributed by atoms with van der Waals surface area (Å²) in [6.07, 6.45) is 11.6. The van der Waals surface area contributed by atoms with E-state index in [9.17, 15) is 5.11 Å². The maximum absolute atomic E-state index is 10.8. The van der Waals surface area contributed by atoms with Crippen LogP contribution in [0.1, 0.15) is 66.2 Å². The molecule has 3 aliphatic rings. The van der Waals surface area contributed by atoms with Gasteiger partial charge in [-0.1, -0.05) is 46.3 Å². The van der Waals surface area contributed by atoms with Gasteiger partial charge in [-0.05, 0) is 60.3 Å². The molecule has 0 aromatic heterocycles.